The van der Waals surface area contributed by atoms with Gasteiger partial charge in [-0.1, -0.05) is 25.3 Å². The minimum atomic E-state index is -0.962. The van der Waals surface area contributed by atoms with Crippen LogP contribution in [0.15, 0.2) is 30.3 Å². The zero-order valence-corrected chi connectivity index (χ0v) is 19.0. The number of hydrogen-bond acceptors (Lipinski definition) is 5. The van der Waals surface area contributed by atoms with Gasteiger partial charge >= 0.3 is 0 Å². The van der Waals surface area contributed by atoms with E-state index in [0.717, 1.165) is 30.4 Å². The van der Waals surface area contributed by atoms with Crippen molar-refractivity contribution in [2.75, 3.05) is 21.3 Å². The second kappa shape index (κ2) is 9.41. The maximum atomic E-state index is 13.8. The summed E-state index contributed by atoms with van der Waals surface area (Å²) in [6.07, 6.45) is 3.99. The molecule has 0 saturated heterocycles. The molecule has 0 aromatic heterocycles. The molecule has 2 aromatic carbocycles. The molecule has 1 amide bonds. The molecule has 0 spiro atoms. The fraction of sp³-hybridized carbons (Fsp3) is 0.440. The van der Waals surface area contributed by atoms with Crippen molar-refractivity contribution in [2.24, 2.45) is 0 Å². The van der Waals surface area contributed by atoms with Crippen LogP contribution in [0.4, 0.5) is 0 Å². The van der Waals surface area contributed by atoms with E-state index in [1.54, 1.807) is 45.6 Å². The van der Waals surface area contributed by atoms with Gasteiger partial charge in [0.15, 0.2) is 5.78 Å². The average molecular weight is 426 g/mol. The first-order valence-electron chi connectivity index (χ1n) is 10.6. The fourth-order valence-corrected chi connectivity index (χ4v) is 4.42. The Balaban J connectivity index is 2.00. The predicted octanol–water partition coefficient (Wildman–Crippen LogP) is 4.64. The van der Waals surface area contributed by atoms with Crippen molar-refractivity contribution in [3.05, 3.63) is 52.6 Å². The van der Waals surface area contributed by atoms with Crippen molar-refractivity contribution in [3.8, 4) is 17.2 Å². The Morgan fingerprint density at radius 3 is 1.97 bits per heavy atom. The van der Waals surface area contributed by atoms with Gasteiger partial charge in [0.1, 0.15) is 22.8 Å². The molecule has 31 heavy (non-hydrogen) atoms. The second-order valence-electron chi connectivity index (χ2n) is 8.06. The number of hydrogen-bond donors (Lipinski definition) is 1. The van der Waals surface area contributed by atoms with Crippen LogP contribution in [0.25, 0.3) is 0 Å². The molecule has 1 saturated carbocycles. The zero-order chi connectivity index (χ0) is 22.6. The second-order valence-corrected chi connectivity index (χ2v) is 8.06. The van der Waals surface area contributed by atoms with E-state index >= 15 is 0 Å². The molecule has 6 heteroatoms. The molecule has 1 aliphatic carbocycles. The van der Waals surface area contributed by atoms with Gasteiger partial charge < -0.3 is 19.5 Å². The fourth-order valence-electron chi connectivity index (χ4n) is 4.42. The van der Waals surface area contributed by atoms with Gasteiger partial charge in [-0.15, -0.1) is 0 Å². The third-order valence-corrected chi connectivity index (χ3v) is 6.26. The van der Waals surface area contributed by atoms with Crippen LogP contribution < -0.4 is 19.5 Å². The number of rotatable bonds is 7. The Morgan fingerprint density at radius 2 is 1.42 bits per heavy atom. The maximum absolute atomic E-state index is 13.8. The van der Waals surface area contributed by atoms with Crippen LogP contribution in [0, 0.1) is 13.8 Å². The largest absolute Gasteiger partial charge is 0.496 e. The number of ether oxygens (including phenoxy) is 3. The van der Waals surface area contributed by atoms with E-state index in [1.807, 2.05) is 19.9 Å². The number of methoxy groups -OCH3 is 3. The molecule has 0 aliphatic heterocycles. The summed E-state index contributed by atoms with van der Waals surface area (Å²) in [5, 5.41) is 3.10. The van der Waals surface area contributed by atoms with Gasteiger partial charge in [-0.3, -0.25) is 9.59 Å². The van der Waals surface area contributed by atoms with E-state index in [0.29, 0.717) is 41.2 Å². The highest BCUT2D eigenvalue weighted by atomic mass is 16.5. The van der Waals surface area contributed by atoms with E-state index in [-0.39, 0.29) is 11.7 Å². The molecule has 0 unspecified atom stereocenters. The smallest absolute Gasteiger partial charge is 0.252 e. The van der Waals surface area contributed by atoms with Gasteiger partial charge in [0.05, 0.1) is 21.3 Å². The van der Waals surface area contributed by atoms with Crippen LogP contribution in [0.2, 0.25) is 0 Å². The number of benzene rings is 2. The summed E-state index contributed by atoms with van der Waals surface area (Å²) in [4.78, 5) is 27.1. The number of carbonyl (C=O) groups excluding carboxylic acids is 2. The van der Waals surface area contributed by atoms with Crippen molar-refractivity contribution in [2.45, 2.75) is 51.5 Å². The predicted molar refractivity (Wildman–Crippen MR) is 120 cm³/mol. The van der Waals surface area contributed by atoms with Crippen LogP contribution in [0.3, 0.4) is 0 Å². The first kappa shape index (κ1) is 22.7. The molecule has 6 nitrogen and oxygen atoms in total. The van der Waals surface area contributed by atoms with E-state index in [4.69, 9.17) is 14.2 Å². The summed E-state index contributed by atoms with van der Waals surface area (Å²) >= 11 is 0. The Hall–Kier alpha value is -3.02. The third-order valence-electron chi connectivity index (χ3n) is 6.26. The lowest BCUT2D eigenvalue weighted by Gasteiger charge is -2.37. The number of amides is 1. The van der Waals surface area contributed by atoms with Gasteiger partial charge in [0, 0.05) is 22.3 Å². The van der Waals surface area contributed by atoms with Crippen molar-refractivity contribution in [3.63, 3.8) is 0 Å². The topological polar surface area (TPSA) is 73.9 Å². The Labute approximate surface area is 183 Å². The van der Waals surface area contributed by atoms with E-state index in [2.05, 4.69) is 5.32 Å². The molecular formula is C25H31NO5. The van der Waals surface area contributed by atoms with Crippen molar-refractivity contribution in [1.82, 2.24) is 5.32 Å². The lowest BCUT2D eigenvalue weighted by Crippen LogP contribution is -2.55. The lowest BCUT2D eigenvalue weighted by molar-refractivity contribution is 0.0713. The molecule has 166 valence electrons. The first-order chi connectivity index (χ1) is 14.9. The van der Waals surface area contributed by atoms with Gasteiger partial charge in [-0.2, -0.15) is 0 Å². The number of nitrogens with one attached hydrogen (secondary N) is 1. The van der Waals surface area contributed by atoms with Gasteiger partial charge in [0.2, 0.25) is 0 Å². The summed E-state index contributed by atoms with van der Waals surface area (Å²) in [7, 11) is 4.72. The minimum absolute atomic E-state index is 0.113. The minimum Gasteiger partial charge on any atom is -0.496 e. The van der Waals surface area contributed by atoms with Gasteiger partial charge in [-0.25, -0.2) is 0 Å². The molecule has 0 atom stereocenters. The van der Waals surface area contributed by atoms with Crippen LogP contribution >= 0.6 is 0 Å². The zero-order valence-electron chi connectivity index (χ0n) is 19.0. The van der Waals surface area contributed by atoms with E-state index in [1.165, 1.54) is 0 Å². The normalized spacial score (nSPS) is 15.1. The Bertz CT molecular complexity index is 951. The average Bonchev–Trinajstić information content (AvgIpc) is 2.79. The first-order valence-corrected chi connectivity index (χ1v) is 10.6. The molecule has 2 aromatic rings. The molecular weight excluding hydrogens is 394 g/mol. The molecule has 1 fully saturated rings. The quantitative estimate of drug-likeness (QED) is 0.654. The van der Waals surface area contributed by atoms with Crippen LogP contribution in [0.5, 0.6) is 17.2 Å². The summed E-state index contributed by atoms with van der Waals surface area (Å²) < 4.78 is 16.3. The molecule has 0 radical (unpaired) electrons. The summed E-state index contributed by atoms with van der Waals surface area (Å²) in [6, 6.07) is 8.83. The summed E-state index contributed by atoms with van der Waals surface area (Å²) in [6.45, 7) is 3.73. The standard InChI is InChI=1S/C25H31NO5/c1-16-19(10-9-11-20(16)29-3)24(28)26-25(12-7-6-8-13-25)23(27)18-14-21(30-4)17(2)22(15-18)31-5/h9-11,14-15H,6-8,12-13H2,1-5H3,(H,26,28). The lowest BCUT2D eigenvalue weighted by atomic mass is 9.76. The van der Waals surface area contributed by atoms with E-state index in [9.17, 15) is 9.59 Å². The maximum Gasteiger partial charge on any atom is 0.252 e. The highest BCUT2D eigenvalue weighted by Crippen LogP contribution is 2.36. The van der Waals surface area contributed by atoms with Gasteiger partial charge in [0.25, 0.3) is 5.91 Å². The molecule has 1 aliphatic rings. The number of Topliss-reactive ketones (excluding diaryl/α,β-unsaturated/α-hetero) is 1. The molecule has 3 rings (SSSR count). The Kier molecular flexibility index (Phi) is 6.88. The highest BCUT2D eigenvalue weighted by molar-refractivity contribution is 6.08. The Morgan fingerprint density at radius 1 is 0.839 bits per heavy atom. The van der Waals surface area contributed by atoms with Crippen molar-refractivity contribution >= 4 is 11.7 Å². The highest BCUT2D eigenvalue weighted by Gasteiger charge is 2.42. The third kappa shape index (κ3) is 4.38. The van der Waals surface area contributed by atoms with E-state index < -0.39 is 5.54 Å². The summed E-state index contributed by atoms with van der Waals surface area (Å²) in [5.74, 6) is 1.44. The van der Waals surface area contributed by atoms with Crippen LogP contribution in [0.1, 0.15) is 63.9 Å². The molecule has 0 heterocycles. The molecule has 0 bridgehead atoms. The van der Waals surface area contributed by atoms with Gasteiger partial charge in [-0.05, 0) is 51.0 Å². The number of carbonyl (C=O) groups is 2. The molecule has 1 N–H and O–H groups in total. The van der Waals surface area contributed by atoms with Crippen LogP contribution in [-0.4, -0.2) is 38.6 Å². The monoisotopic (exact) mass is 425 g/mol. The number of ketones is 1. The SMILES string of the molecule is COc1cc(C(=O)C2(NC(=O)c3cccc(OC)c3C)CCCCC2)cc(OC)c1C. The summed E-state index contributed by atoms with van der Waals surface area (Å²) in [5.41, 5.74) is 1.60. The van der Waals surface area contributed by atoms with Crippen LogP contribution in [-0.2, 0) is 0 Å². The van der Waals surface area contributed by atoms with Crippen molar-refractivity contribution in [1.29, 1.82) is 0 Å². The van der Waals surface area contributed by atoms with Crippen molar-refractivity contribution < 1.29 is 23.8 Å².